The number of para-hydroxylation sites is 1. The van der Waals surface area contributed by atoms with Gasteiger partial charge in [-0.1, -0.05) is 25.0 Å². The summed E-state index contributed by atoms with van der Waals surface area (Å²) in [6.45, 7) is 1.95. The van der Waals surface area contributed by atoms with Gasteiger partial charge in [-0.25, -0.2) is 0 Å². The Morgan fingerprint density at radius 2 is 2.17 bits per heavy atom. The average molecular weight is 238 g/mol. The van der Waals surface area contributed by atoms with Gasteiger partial charge in [0.1, 0.15) is 5.58 Å². The normalized spacial score (nSPS) is 9.39. The van der Waals surface area contributed by atoms with Gasteiger partial charge in [-0.2, -0.15) is 0 Å². The van der Waals surface area contributed by atoms with Crippen molar-refractivity contribution in [2.75, 3.05) is 0 Å². The van der Waals surface area contributed by atoms with Crippen molar-refractivity contribution in [1.82, 2.24) is 0 Å². The van der Waals surface area contributed by atoms with E-state index in [9.17, 15) is 4.79 Å². The van der Waals surface area contributed by atoms with E-state index in [0.29, 0.717) is 6.22 Å². The molecule has 1 aromatic carbocycles. The van der Waals surface area contributed by atoms with Crippen LogP contribution >= 0.6 is 0 Å². The fourth-order valence-corrected chi connectivity index (χ4v) is 1.47. The molecule has 0 bridgehead atoms. The molecule has 0 aliphatic heterocycles. The second kappa shape index (κ2) is 7.69. The highest BCUT2D eigenvalue weighted by atomic mass is 16.4. The second-order valence-electron chi connectivity index (χ2n) is 3.63. The van der Waals surface area contributed by atoms with E-state index >= 15 is 0 Å². The third-order valence-electron chi connectivity index (χ3n) is 2.27. The van der Waals surface area contributed by atoms with Crippen LogP contribution < -0.4 is 0 Å². The number of benzene rings is 1. The molecule has 0 aliphatic rings. The molecule has 88 valence electrons. The van der Waals surface area contributed by atoms with Crippen LogP contribution in [-0.2, 0) is 11.2 Å². The molecule has 0 aliphatic carbocycles. The van der Waals surface area contributed by atoms with Crippen molar-refractivity contribution in [3.63, 3.8) is 0 Å². The number of fused-ring (bicyclic) bond motifs is 1. The number of carbonyl (C=O) groups is 1. The molecule has 0 unspecified atom stereocenters. The summed E-state index contributed by atoms with van der Waals surface area (Å²) in [4.78, 5) is 10.5. The fourth-order valence-electron chi connectivity index (χ4n) is 1.47. The third kappa shape index (κ3) is 4.36. The summed E-state index contributed by atoms with van der Waals surface area (Å²) < 4.78 is 5.19. The Labute approximate surface area is 109 Å². The van der Waals surface area contributed by atoms with E-state index in [-0.39, 0.29) is 6.42 Å². The highest BCUT2D eigenvalue weighted by molar-refractivity contribution is 7.01. The standard InChI is InChI=1S/C10H8O3.C2H5B3/c11-10(12)5-7-6-13-9-4-2-1-3-8(7)9;1-4-5-2-3/h1-4,6H,5H2,(H,11,12);2H2,1H3. The van der Waals surface area contributed by atoms with Crippen molar-refractivity contribution in [2.45, 2.75) is 19.5 Å². The summed E-state index contributed by atoms with van der Waals surface area (Å²) in [5.41, 5.74) is 1.46. The molecular formula is C12H13B3O3. The fraction of sp³-hybridized carbons (Fsp3) is 0.250. The molecule has 1 heterocycles. The summed E-state index contributed by atoms with van der Waals surface area (Å²) in [7, 11) is 8.89. The molecule has 0 atom stereocenters. The average Bonchev–Trinajstić information content (AvgIpc) is 2.74. The van der Waals surface area contributed by atoms with Gasteiger partial charge in [0.15, 0.2) is 0 Å². The zero-order valence-electron chi connectivity index (χ0n) is 10.3. The van der Waals surface area contributed by atoms with Crippen LogP contribution in [0.2, 0.25) is 13.0 Å². The molecule has 18 heavy (non-hydrogen) atoms. The molecule has 1 N–H and O–H groups in total. The zero-order chi connectivity index (χ0) is 13.4. The minimum atomic E-state index is -0.841. The van der Waals surface area contributed by atoms with Crippen molar-refractivity contribution < 1.29 is 14.3 Å². The van der Waals surface area contributed by atoms with Crippen LogP contribution in [0, 0.1) is 0 Å². The SMILES string of the molecule is O=C(O)Cc1coc2ccccc12.[B]C[B][B]C. The monoisotopic (exact) mass is 238 g/mol. The first-order chi connectivity index (χ1) is 8.69. The first-order valence-corrected chi connectivity index (χ1v) is 5.67. The summed E-state index contributed by atoms with van der Waals surface area (Å²) in [6, 6.07) is 7.40. The van der Waals surface area contributed by atoms with Crippen LogP contribution in [0.4, 0.5) is 0 Å². The van der Waals surface area contributed by atoms with E-state index in [1.807, 2.05) is 45.4 Å². The topological polar surface area (TPSA) is 50.4 Å². The Morgan fingerprint density at radius 3 is 2.72 bits per heavy atom. The van der Waals surface area contributed by atoms with Crippen molar-refractivity contribution in [2.24, 2.45) is 0 Å². The molecule has 0 saturated heterocycles. The first kappa shape index (κ1) is 14.5. The lowest BCUT2D eigenvalue weighted by molar-refractivity contribution is -0.136. The van der Waals surface area contributed by atoms with E-state index in [1.165, 1.54) is 6.26 Å². The predicted octanol–water partition coefficient (Wildman–Crippen LogP) is 1.96. The van der Waals surface area contributed by atoms with Crippen molar-refractivity contribution in [3.05, 3.63) is 36.1 Å². The zero-order valence-corrected chi connectivity index (χ0v) is 10.3. The maximum atomic E-state index is 10.5. The Bertz CT molecular complexity index is 494. The lowest BCUT2D eigenvalue weighted by atomic mass is 9.37. The molecular weight excluding hydrogens is 225 g/mol. The largest absolute Gasteiger partial charge is 0.481 e. The number of hydrogen-bond acceptors (Lipinski definition) is 2. The maximum absolute atomic E-state index is 10.5. The number of carboxylic acids is 1. The molecule has 0 amide bonds. The highest BCUT2D eigenvalue weighted by Gasteiger charge is 2.07. The van der Waals surface area contributed by atoms with Gasteiger partial charge in [0.2, 0.25) is 0 Å². The van der Waals surface area contributed by atoms with Gasteiger partial charge in [0.25, 0.3) is 0 Å². The minimum absolute atomic E-state index is 0.0109. The third-order valence-corrected chi connectivity index (χ3v) is 2.27. The summed E-state index contributed by atoms with van der Waals surface area (Å²) in [5.74, 6) is -0.841. The van der Waals surface area contributed by atoms with E-state index in [2.05, 4.69) is 0 Å². The molecule has 0 saturated carbocycles. The second-order valence-corrected chi connectivity index (χ2v) is 3.63. The van der Waals surface area contributed by atoms with Crippen molar-refractivity contribution >= 4 is 39.1 Å². The van der Waals surface area contributed by atoms with Gasteiger partial charge in [-0.15, -0.1) is 6.22 Å². The molecule has 3 nitrogen and oxygen atoms in total. The molecule has 6 heteroatoms. The van der Waals surface area contributed by atoms with E-state index < -0.39 is 5.97 Å². The van der Waals surface area contributed by atoms with Crippen LogP contribution in [0.5, 0.6) is 0 Å². The Kier molecular flexibility index (Phi) is 6.19. The van der Waals surface area contributed by atoms with Crippen LogP contribution in [0.25, 0.3) is 11.0 Å². The quantitative estimate of drug-likeness (QED) is 0.827. The van der Waals surface area contributed by atoms with Crippen LogP contribution in [0.3, 0.4) is 0 Å². The van der Waals surface area contributed by atoms with Crippen molar-refractivity contribution in [3.8, 4) is 0 Å². The molecule has 2 aromatic rings. The summed E-state index contributed by atoms with van der Waals surface area (Å²) in [5, 5.41) is 9.48. The van der Waals surface area contributed by atoms with E-state index in [4.69, 9.17) is 17.4 Å². The molecule has 2 rings (SSSR count). The van der Waals surface area contributed by atoms with Gasteiger partial charge >= 0.3 is 5.97 Å². The first-order valence-electron chi connectivity index (χ1n) is 5.67. The van der Waals surface area contributed by atoms with Crippen LogP contribution in [-0.4, -0.2) is 33.3 Å². The lowest BCUT2D eigenvalue weighted by Gasteiger charge is -1.90. The van der Waals surface area contributed by atoms with Gasteiger partial charge in [-0.3, -0.25) is 4.79 Å². The van der Waals surface area contributed by atoms with Crippen molar-refractivity contribution in [1.29, 1.82) is 0 Å². The molecule has 4 radical (unpaired) electrons. The Hall–Kier alpha value is -1.58. The maximum Gasteiger partial charge on any atom is 0.307 e. The van der Waals surface area contributed by atoms with Gasteiger partial charge in [0, 0.05) is 10.9 Å². The molecule has 0 fully saturated rings. The summed E-state index contributed by atoms with van der Waals surface area (Å²) >= 11 is 0. The van der Waals surface area contributed by atoms with Gasteiger partial charge in [0.05, 0.1) is 34.9 Å². The lowest BCUT2D eigenvalue weighted by Crippen LogP contribution is -1.98. The predicted molar refractivity (Wildman–Crippen MR) is 75.5 cm³/mol. The molecule has 1 aromatic heterocycles. The summed E-state index contributed by atoms with van der Waals surface area (Å²) in [6.07, 6.45) is 2.17. The Balaban J connectivity index is 0.000000280. The van der Waals surface area contributed by atoms with E-state index in [1.54, 1.807) is 0 Å². The molecule has 0 spiro atoms. The van der Waals surface area contributed by atoms with Crippen LogP contribution in [0.1, 0.15) is 5.56 Å². The number of aliphatic carboxylic acids is 1. The highest BCUT2D eigenvalue weighted by Crippen LogP contribution is 2.20. The van der Waals surface area contributed by atoms with E-state index in [0.717, 1.165) is 16.5 Å². The smallest absolute Gasteiger partial charge is 0.307 e. The number of hydrogen-bond donors (Lipinski definition) is 1. The van der Waals surface area contributed by atoms with Gasteiger partial charge in [-0.05, 0) is 6.07 Å². The minimum Gasteiger partial charge on any atom is -0.481 e. The van der Waals surface area contributed by atoms with Crippen LogP contribution in [0.15, 0.2) is 34.9 Å². The van der Waals surface area contributed by atoms with Gasteiger partial charge < -0.3 is 9.52 Å². The Morgan fingerprint density at radius 1 is 1.44 bits per heavy atom. The number of furan rings is 1. The number of rotatable bonds is 4. The number of carboxylic acid groups (broad SMARTS) is 1.